The Hall–Kier alpha value is -1.50. The first-order valence-corrected chi connectivity index (χ1v) is 5.00. The van der Waals surface area contributed by atoms with Crippen molar-refractivity contribution in [3.8, 4) is 0 Å². The first-order chi connectivity index (χ1) is 7.74. The second-order valence-corrected chi connectivity index (χ2v) is 3.54. The van der Waals surface area contributed by atoms with Crippen LogP contribution in [0.15, 0.2) is 18.3 Å². The molecular formula is C10H13N3O3. The number of nitrogens with zero attached hydrogens (tertiary/aromatic N) is 2. The summed E-state index contributed by atoms with van der Waals surface area (Å²) in [6, 6.07) is 3.49. The van der Waals surface area contributed by atoms with Crippen molar-refractivity contribution in [3.63, 3.8) is 0 Å². The molecule has 2 heterocycles. The quantitative estimate of drug-likeness (QED) is 0.571. The van der Waals surface area contributed by atoms with E-state index in [4.69, 9.17) is 5.11 Å². The molecule has 0 aromatic carbocycles. The molecule has 0 aliphatic carbocycles. The fourth-order valence-corrected chi connectivity index (χ4v) is 1.58. The average molecular weight is 223 g/mol. The highest BCUT2D eigenvalue weighted by Crippen LogP contribution is 2.23. The van der Waals surface area contributed by atoms with E-state index in [-0.39, 0.29) is 13.0 Å². The zero-order valence-electron chi connectivity index (χ0n) is 8.54. The van der Waals surface area contributed by atoms with Crippen LogP contribution >= 0.6 is 0 Å². The molecule has 2 aromatic heterocycles. The lowest BCUT2D eigenvalue weighted by atomic mass is 10.1. The van der Waals surface area contributed by atoms with Gasteiger partial charge in [0.25, 0.3) is 0 Å². The molecule has 6 heteroatoms. The van der Waals surface area contributed by atoms with Gasteiger partial charge in [0.15, 0.2) is 5.65 Å². The summed E-state index contributed by atoms with van der Waals surface area (Å²) in [7, 11) is 0. The van der Waals surface area contributed by atoms with Crippen LogP contribution in [0, 0.1) is 0 Å². The van der Waals surface area contributed by atoms with Crippen LogP contribution in [0.4, 0.5) is 0 Å². The van der Waals surface area contributed by atoms with Gasteiger partial charge in [0, 0.05) is 18.2 Å². The molecule has 0 radical (unpaired) electrons. The topological polar surface area (TPSA) is 102 Å². The normalized spacial score (nSPS) is 15.2. The first-order valence-electron chi connectivity index (χ1n) is 5.00. The summed E-state index contributed by atoms with van der Waals surface area (Å²) in [5.41, 5.74) is 0.914. The Morgan fingerprint density at radius 1 is 1.38 bits per heavy atom. The van der Waals surface area contributed by atoms with Crippen LogP contribution in [0.3, 0.4) is 0 Å². The van der Waals surface area contributed by atoms with Crippen LogP contribution < -0.4 is 0 Å². The van der Waals surface area contributed by atoms with Crippen LogP contribution in [0.2, 0.25) is 0 Å². The Morgan fingerprint density at radius 3 is 2.94 bits per heavy atom. The molecule has 0 aliphatic rings. The maximum absolute atomic E-state index is 9.85. The minimum absolute atomic E-state index is 0.113. The van der Waals surface area contributed by atoms with Gasteiger partial charge in [-0.15, -0.1) is 0 Å². The molecule has 0 spiro atoms. The van der Waals surface area contributed by atoms with Crippen LogP contribution in [-0.2, 0) is 0 Å². The molecule has 4 N–H and O–H groups in total. The van der Waals surface area contributed by atoms with Gasteiger partial charge < -0.3 is 15.3 Å². The van der Waals surface area contributed by atoms with Crippen molar-refractivity contribution in [1.82, 2.24) is 15.2 Å². The molecule has 2 unspecified atom stereocenters. The number of rotatable bonds is 4. The van der Waals surface area contributed by atoms with Crippen molar-refractivity contribution in [1.29, 1.82) is 0 Å². The molecule has 6 nitrogen and oxygen atoms in total. The van der Waals surface area contributed by atoms with Gasteiger partial charge >= 0.3 is 0 Å². The lowest BCUT2D eigenvalue weighted by Crippen LogP contribution is -2.20. The standard InChI is InChI=1S/C10H13N3O3/c14-5-3-7(15)9(16)8-6-2-1-4-11-10(6)13-12-8/h1-2,4,7,9,14-16H,3,5H2,(H,11,12,13). The highest BCUT2D eigenvalue weighted by atomic mass is 16.3. The van der Waals surface area contributed by atoms with E-state index in [9.17, 15) is 10.2 Å². The number of aliphatic hydroxyl groups is 3. The van der Waals surface area contributed by atoms with E-state index < -0.39 is 12.2 Å². The fourth-order valence-electron chi connectivity index (χ4n) is 1.58. The van der Waals surface area contributed by atoms with E-state index in [0.29, 0.717) is 16.7 Å². The summed E-state index contributed by atoms with van der Waals surface area (Å²) >= 11 is 0. The number of hydrogen-bond donors (Lipinski definition) is 4. The van der Waals surface area contributed by atoms with Crippen LogP contribution in [0.25, 0.3) is 11.0 Å². The molecule has 16 heavy (non-hydrogen) atoms. The van der Waals surface area contributed by atoms with Gasteiger partial charge in [-0.2, -0.15) is 5.10 Å². The zero-order valence-corrected chi connectivity index (χ0v) is 8.54. The van der Waals surface area contributed by atoms with Gasteiger partial charge in [-0.05, 0) is 18.6 Å². The average Bonchev–Trinajstić information content (AvgIpc) is 2.72. The second-order valence-electron chi connectivity index (χ2n) is 3.54. The van der Waals surface area contributed by atoms with Crippen molar-refractivity contribution >= 4 is 11.0 Å². The SMILES string of the molecule is OCCC(O)C(O)c1[nH]nc2ncccc12. The number of aromatic amines is 1. The molecule has 0 bridgehead atoms. The fraction of sp³-hybridized carbons (Fsp3) is 0.400. The van der Waals surface area contributed by atoms with E-state index >= 15 is 0 Å². The third-order valence-electron chi connectivity index (χ3n) is 2.44. The summed E-state index contributed by atoms with van der Waals surface area (Å²) in [6.07, 6.45) is -0.402. The molecule has 0 aliphatic heterocycles. The zero-order chi connectivity index (χ0) is 11.5. The lowest BCUT2D eigenvalue weighted by molar-refractivity contribution is 0.00264. The molecule has 2 atom stereocenters. The van der Waals surface area contributed by atoms with Gasteiger partial charge in [-0.3, -0.25) is 5.10 Å². The molecule has 2 aromatic rings. The van der Waals surface area contributed by atoms with Gasteiger partial charge in [0.2, 0.25) is 0 Å². The van der Waals surface area contributed by atoms with E-state index in [1.807, 2.05) is 0 Å². The number of nitrogens with one attached hydrogen (secondary N) is 1. The van der Waals surface area contributed by atoms with E-state index in [1.165, 1.54) is 0 Å². The maximum Gasteiger partial charge on any atom is 0.181 e. The van der Waals surface area contributed by atoms with Crippen LogP contribution in [0.1, 0.15) is 18.2 Å². The van der Waals surface area contributed by atoms with Crippen molar-refractivity contribution in [3.05, 3.63) is 24.0 Å². The van der Waals surface area contributed by atoms with Gasteiger partial charge in [-0.1, -0.05) is 0 Å². The summed E-state index contributed by atoms with van der Waals surface area (Å²) in [5, 5.41) is 35.3. The Kier molecular flexibility index (Phi) is 3.14. The van der Waals surface area contributed by atoms with E-state index in [0.717, 1.165) is 0 Å². The number of fused-ring (bicyclic) bond motifs is 1. The highest BCUT2D eigenvalue weighted by molar-refractivity contribution is 5.77. The number of H-pyrrole nitrogens is 1. The molecular weight excluding hydrogens is 210 g/mol. The Morgan fingerprint density at radius 2 is 2.19 bits per heavy atom. The summed E-state index contributed by atoms with van der Waals surface area (Å²) in [6.45, 7) is -0.178. The molecule has 0 saturated carbocycles. The molecule has 0 saturated heterocycles. The number of hydrogen-bond acceptors (Lipinski definition) is 5. The summed E-state index contributed by atoms with van der Waals surface area (Å²) in [4.78, 5) is 4.01. The Bertz CT molecular complexity index is 471. The minimum atomic E-state index is -1.10. The third-order valence-corrected chi connectivity index (χ3v) is 2.44. The van der Waals surface area contributed by atoms with Crippen molar-refractivity contribution < 1.29 is 15.3 Å². The molecule has 2 rings (SSSR count). The van der Waals surface area contributed by atoms with Gasteiger partial charge in [0.1, 0.15) is 6.10 Å². The molecule has 0 amide bonds. The maximum atomic E-state index is 9.85. The Labute approximate surface area is 91.6 Å². The molecule has 0 fully saturated rings. The third kappa shape index (κ3) is 1.90. The van der Waals surface area contributed by atoms with E-state index in [1.54, 1.807) is 18.3 Å². The smallest absolute Gasteiger partial charge is 0.181 e. The summed E-state index contributed by atoms with van der Waals surface area (Å²) < 4.78 is 0. The van der Waals surface area contributed by atoms with Crippen molar-refractivity contribution in [2.24, 2.45) is 0 Å². The predicted octanol–water partition coefficient (Wildman–Crippen LogP) is -0.265. The second kappa shape index (κ2) is 4.56. The number of pyridine rings is 1. The monoisotopic (exact) mass is 223 g/mol. The van der Waals surface area contributed by atoms with Crippen LogP contribution in [0.5, 0.6) is 0 Å². The summed E-state index contributed by atoms with van der Waals surface area (Å²) in [5.74, 6) is 0. The highest BCUT2D eigenvalue weighted by Gasteiger charge is 2.22. The first kappa shape index (κ1) is 11.0. The predicted molar refractivity (Wildman–Crippen MR) is 56.6 cm³/mol. The number of aliphatic hydroxyl groups excluding tert-OH is 3. The van der Waals surface area contributed by atoms with Crippen molar-refractivity contribution in [2.45, 2.75) is 18.6 Å². The van der Waals surface area contributed by atoms with Gasteiger partial charge in [0.05, 0.1) is 11.8 Å². The van der Waals surface area contributed by atoms with E-state index in [2.05, 4.69) is 15.2 Å². The molecule has 86 valence electrons. The minimum Gasteiger partial charge on any atom is -0.396 e. The number of aromatic nitrogens is 3. The van der Waals surface area contributed by atoms with Crippen molar-refractivity contribution in [2.75, 3.05) is 6.61 Å². The van der Waals surface area contributed by atoms with Gasteiger partial charge in [-0.25, -0.2) is 4.98 Å². The Balaban J connectivity index is 2.32. The lowest BCUT2D eigenvalue weighted by Gasteiger charge is -2.15. The largest absolute Gasteiger partial charge is 0.396 e. The van der Waals surface area contributed by atoms with Crippen LogP contribution in [-0.4, -0.2) is 43.2 Å².